The molecule has 0 aromatic carbocycles. The number of hydrogen-bond donors (Lipinski definition) is 2. The fourth-order valence-corrected chi connectivity index (χ4v) is 2.19. The third-order valence-corrected chi connectivity index (χ3v) is 3.71. The van der Waals surface area contributed by atoms with Crippen LogP contribution in [0.5, 0.6) is 0 Å². The maximum atomic E-state index is 11.9. The first kappa shape index (κ1) is 15.5. The lowest BCUT2D eigenvalue weighted by Gasteiger charge is -2.26. The van der Waals surface area contributed by atoms with Gasteiger partial charge < -0.3 is 24.5 Å². The minimum atomic E-state index is -1.04. The highest BCUT2D eigenvalue weighted by molar-refractivity contribution is 5.94. The van der Waals surface area contributed by atoms with Crippen molar-refractivity contribution in [3.05, 3.63) is 24.2 Å². The normalized spacial score (nSPS) is 24.8. The summed E-state index contributed by atoms with van der Waals surface area (Å²) in [5, 5.41) is 12.9. The van der Waals surface area contributed by atoms with Crippen LogP contribution in [0.3, 0.4) is 0 Å². The standard InChI is InChI=1S/C14H20N2O5/c1-10-14(19,5-7-20-10)9-15-12(17)8-16(2)13(18)11-4-3-6-21-11/h3-4,6,10,19H,5,7-9H2,1-2H3,(H,15,17). The second-order valence-corrected chi connectivity index (χ2v) is 5.28. The van der Waals surface area contributed by atoms with E-state index in [9.17, 15) is 14.7 Å². The molecule has 2 atom stereocenters. The highest BCUT2D eigenvalue weighted by Crippen LogP contribution is 2.24. The Morgan fingerprint density at radius 1 is 1.57 bits per heavy atom. The van der Waals surface area contributed by atoms with Crippen molar-refractivity contribution in [3.63, 3.8) is 0 Å². The maximum absolute atomic E-state index is 11.9. The van der Waals surface area contributed by atoms with Gasteiger partial charge in [-0.2, -0.15) is 0 Å². The predicted molar refractivity (Wildman–Crippen MR) is 73.7 cm³/mol. The highest BCUT2D eigenvalue weighted by atomic mass is 16.5. The number of carbonyl (C=O) groups is 2. The zero-order chi connectivity index (χ0) is 15.5. The van der Waals surface area contributed by atoms with E-state index >= 15 is 0 Å². The van der Waals surface area contributed by atoms with Crippen molar-refractivity contribution >= 4 is 11.8 Å². The van der Waals surface area contributed by atoms with Crippen LogP contribution in [-0.2, 0) is 9.53 Å². The van der Waals surface area contributed by atoms with Crippen molar-refractivity contribution in [2.75, 3.05) is 26.7 Å². The van der Waals surface area contributed by atoms with Gasteiger partial charge in [0.1, 0.15) is 5.60 Å². The van der Waals surface area contributed by atoms with Gasteiger partial charge in [0.15, 0.2) is 5.76 Å². The molecule has 1 fully saturated rings. The third-order valence-electron chi connectivity index (χ3n) is 3.71. The molecule has 21 heavy (non-hydrogen) atoms. The topological polar surface area (TPSA) is 92.0 Å². The van der Waals surface area contributed by atoms with Crippen molar-refractivity contribution in [2.45, 2.75) is 25.0 Å². The van der Waals surface area contributed by atoms with Crippen LogP contribution in [-0.4, -0.2) is 60.3 Å². The van der Waals surface area contributed by atoms with Crippen molar-refractivity contribution in [3.8, 4) is 0 Å². The van der Waals surface area contributed by atoms with Gasteiger partial charge in [0.2, 0.25) is 5.91 Å². The average molecular weight is 296 g/mol. The zero-order valence-corrected chi connectivity index (χ0v) is 12.2. The first-order chi connectivity index (χ1) is 9.92. The Bertz CT molecular complexity index is 501. The molecule has 1 aromatic heterocycles. The minimum Gasteiger partial charge on any atom is -0.459 e. The van der Waals surface area contributed by atoms with E-state index in [1.165, 1.54) is 24.3 Å². The van der Waals surface area contributed by atoms with Gasteiger partial charge in [-0.25, -0.2) is 0 Å². The Kier molecular flexibility index (Phi) is 4.64. The summed E-state index contributed by atoms with van der Waals surface area (Å²) in [6.07, 6.45) is 1.56. The fraction of sp³-hybridized carbons (Fsp3) is 0.571. The van der Waals surface area contributed by atoms with E-state index in [0.717, 1.165) is 0 Å². The van der Waals surface area contributed by atoms with Gasteiger partial charge >= 0.3 is 0 Å². The molecule has 2 rings (SSSR count). The van der Waals surface area contributed by atoms with E-state index in [-0.39, 0.29) is 36.8 Å². The summed E-state index contributed by atoms with van der Waals surface area (Å²) in [4.78, 5) is 25.0. The van der Waals surface area contributed by atoms with Gasteiger partial charge in [0, 0.05) is 26.6 Å². The lowest BCUT2D eigenvalue weighted by Crippen LogP contribution is -2.49. The molecule has 0 aliphatic carbocycles. The van der Waals surface area contributed by atoms with Crippen molar-refractivity contribution in [1.82, 2.24) is 10.2 Å². The minimum absolute atomic E-state index is 0.106. The molecule has 1 aliphatic heterocycles. The molecule has 0 bridgehead atoms. The van der Waals surface area contributed by atoms with Crippen LogP contribution in [0.25, 0.3) is 0 Å². The molecular formula is C14H20N2O5. The van der Waals surface area contributed by atoms with Crippen LogP contribution in [0, 0.1) is 0 Å². The van der Waals surface area contributed by atoms with Crippen LogP contribution in [0.1, 0.15) is 23.9 Å². The molecule has 116 valence electrons. The monoisotopic (exact) mass is 296 g/mol. The molecule has 2 unspecified atom stereocenters. The molecule has 7 heteroatoms. The summed E-state index contributed by atoms with van der Waals surface area (Å²) in [5.41, 5.74) is -1.04. The van der Waals surface area contributed by atoms with Gasteiger partial charge in [-0.15, -0.1) is 0 Å². The predicted octanol–water partition coefficient (Wildman–Crippen LogP) is 0.00770. The second kappa shape index (κ2) is 6.28. The molecule has 2 amide bonds. The zero-order valence-electron chi connectivity index (χ0n) is 12.2. The largest absolute Gasteiger partial charge is 0.459 e. The number of ether oxygens (including phenoxy) is 1. The number of nitrogens with one attached hydrogen (secondary N) is 1. The molecule has 7 nitrogen and oxygen atoms in total. The quantitative estimate of drug-likeness (QED) is 0.798. The molecular weight excluding hydrogens is 276 g/mol. The number of rotatable bonds is 5. The van der Waals surface area contributed by atoms with Gasteiger partial charge in [0.25, 0.3) is 5.91 Å². The van der Waals surface area contributed by atoms with Crippen LogP contribution in [0.2, 0.25) is 0 Å². The van der Waals surface area contributed by atoms with E-state index < -0.39 is 5.60 Å². The molecule has 1 aliphatic rings. The Morgan fingerprint density at radius 2 is 2.33 bits per heavy atom. The Labute approximate surface area is 122 Å². The molecule has 0 spiro atoms. The van der Waals surface area contributed by atoms with Gasteiger partial charge in [-0.05, 0) is 19.1 Å². The number of aliphatic hydroxyl groups is 1. The Balaban J connectivity index is 1.80. The summed E-state index contributed by atoms with van der Waals surface area (Å²) in [6, 6.07) is 3.15. The van der Waals surface area contributed by atoms with E-state index in [0.29, 0.717) is 13.0 Å². The SMILES string of the molecule is CC1OCCC1(O)CNC(=O)CN(C)C(=O)c1ccco1. The number of nitrogens with zero attached hydrogens (tertiary/aromatic N) is 1. The van der Waals surface area contributed by atoms with Crippen LogP contribution < -0.4 is 5.32 Å². The second-order valence-electron chi connectivity index (χ2n) is 5.28. The van der Waals surface area contributed by atoms with E-state index in [1.54, 1.807) is 13.0 Å². The first-order valence-electron chi connectivity index (χ1n) is 6.82. The summed E-state index contributed by atoms with van der Waals surface area (Å²) in [7, 11) is 1.51. The summed E-state index contributed by atoms with van der Waals surface area (Å²) >= 11 is 0. The Hall–Kier alpha value is -1.86. The number of furan rings is 1. The number of amides is 2. The molecule has 0 saturated carbocycles. The van der Waals surface area contributed by atoms with Crippen molar-refractivity contribution in [2.24, 2.45) is 0 Å². The van der Waals surface area contributed by atoms with E-state index in [1.807, 2.05) is 0 Å². The smallest absolute Gasteiger partial charge is 0.289 e. The average Bonchev–Trinajstić information content (AvgIpc) is 3.07. The maximum Gasteiger partial charge on any atom is 0.289 e. The lowest BCUT2D eigenvalue weighted by atomic mass is 9.97. The van der Waals surface area contributed by atoms with Gasteiger partial charge in [-0.1, -0.05) is 0 Å². The molecule has 1 aromatic rings. The van der Waals surface area contributed by atoms with Crippen molar-refractivity contribution in [1.29, 1.82) is 0 Å². The first-order valence-corrected chi connectivity index (χ1v) is 6.82. The molecule has 0 radical (unpaired) electrons. The van der Waals surface area contributed by atoms with E-state index in [4.69, 9.17) is 9.15 Å². The van der Waals surface area contributed by atoms with Crippen LogP contribution in [0.4, 0.5) is 0 Å². The molecule has 2 heterocycles. The Morgan fingerprint density at radius 3 is 2.90 bits per heavy atom. The highest BCUT2D eigenvalue weighted by Gasteiger charge is 2.39. The third kappa shape index (κ3) is 3.62. The molecule has 2 N–H and O–H groups in total. The number of likely N-dealkylation sites (N-methyl/N-ethyl adjacent to an activating group) is 1. The number of hydrogen-bond acceptors (Lipinski definition) is 5. The van der Waals surface area contributed by atoms with Crippen LogP contribution in [0.15, 0.2) is 22.8 Å². The van der Waals surface area contributed by atoms with Gasteiger partial charge in [0.05, 0.1) is 18.9 Å². The fourth-order valence-electron chi connectivity index (χ4n) is 2.19. The number of carbonyl (C=O) groups excluding carboxylic acids is 2. The summed E-state index contributed by atoms with van der Waals surface area (Å²) in [5.74, 6) is -0.530. The van der Waals surface area contributed by atoms with Crippen LogP contribution >= 0.6 is 0 Å². The summed E-state index contributed by atoms with van der Waals surface area (Å²) < 4.78 is 10.3. The van der Waals surface area contributed by atoms with E-state index in [2.05, 4.69) is 5.32 Å². The molecule has 1 saturated heterocycles. The lowest BCUT2D eigenvalue weighted by molar-refractivity contribution is -0.123. The van der Waals surface area contributed by atoms with Crippen molar-refractivity contribution < 1.29 is 23.8 Å². The summed E-state index contributed by atoms with van der Waals surface area (Å²) in [6.45, 7) is 2.25. The van der Waals surface area contributed by atoms with Gasteiger partial charge in [-0.3, -0.25) is 9.59 Å².